The number of aliphatic hydroxyl groups is 1. The zero-order valence-electron chi connectivity index (χ0n) is 11.2. The highest BCUT2D eigenvalue weighted by molar-refractivity contribution is 6.31. The molecule has 102 valence electrons. The van der Waals surface area contributed by atoms with E-state index in [9.17, 15) is 5.11 Å². The van der Waals surface area contributed by atoms with Gasteiger partial charge in [0.25, 0.3) is 0 Å². The molecule has 3 aromatic rings. The lowest BCUT2D eigenvalue weighted by molar-refractivity contribution is 0.205. The second-order valence-electron chi connectivity index (χ2n) is 4.79. The maximum Gasteiger partial charge on any atom is 0.139 e. The molecule has 1 unspecified atom stereocenters. The number of aryl methyl sites for hydroxylation is 2. The fraction of sp³-hybridized carbons (Fsp3) is 0.200. The number of aliphatic hydroxyl groups excluding tert-OH is 1. The van der Waals surface area contributed by atoms with E-state index in [0.717, 1.165) is 16.5 Å². The Balaban J connectivity index is 2.15. The van der Waals surface area contributed by atoms with Gasteiger partial charge in [-0.05, 0) is 24.6 Å². The van der Waals surface area contributed by atoms with Gasteiger partial charge in [-0.25, -0.2) is 4.98 Å². The van der Waals surface area contributed by atoms with Crippen molar-refractivity contribution in [3.05, 3.63) is 58.5 Å². The molecule has 0 aliphatic heterocycles. The van der Waals surface area contributed by atoms with Gasteiger partial charge in [-0.1, -0.05) is 29.8 Å². The van der Waals surface area contributed by atoms with Crippen molar-refractivity contribution >= 4 is 22.5 Å². The van der Waals surface area contributed by atoms with Crippen molar-refractivity contribution in [2.24, 2.45) is 7.05 Å². The molecule has 3 rings (SSSR count). The molecule has 0 spiro atoms. The fourth-order valence-corrected chi connectivity index (χ4v) is 2.65. The first-order chi connectivity index (χ1) is 9.58. The molecule has 4 nitrogen and oxygen atoms in total. The van der Waals surface area contributed by atoms with Gasteiger partial charge < -0.3 is 5.11 Å². The first-order valence-corrected chi connectivity index (χ1v) is 6.67. The van der Waals surface area contributed by atoms with Crippen LogP contribution in [0.25, 0.3) is 10.9 Å². The Labute approximate surface area is 121 Å². The van der Waals surface area contributed by atoms with Crippen LogP contribution in [0.5, 0.6) is 0 Å². The van der Waals surface area contributed by atoms with Crippen molar-refractivity contribution in [3.8, 4) is 0 Å². The number of nitrogens with zero attached hydrogens (tertiary/aromatic N) is 3. The number of halogens is 1. The fourth-order valence-electron chi connectivity index (χ4n) is 2.38. The Morgan fingerprint density at radius 3 is 2.75 bits per heavy atom. The molecule has 0 radical (unpaired) electrons. The summed E-state index contributed by atoms with van der Waals surface area (Å²) in [5.41, 5.74) is 3.06. The lowest BCUT2D eigenvalue weighted by Gasteiger charge is -2.13. The minimum atomic E-state index is -0.890. The number of hydrogen-bond donors (Lipinski definition) is 1. The standard InChI is InChI=1S/C15H14ClN3O/c1-9-7-13(18-12-6-4-3-5-10(9)12)15(20)14-11(16)8-17-19(14)2/h3-8,15,20H,1-2H3. The molecule has 0 saturated heterocycles. The monoisotopic (exact) mass is 287 g/mol. The third kappa shape index (κ3) is 2.07. The zero-order valence-corrected chi connectivity index (χ0v) is 12.0. The van der Waals surface area contributed by atoms with Crippen LogP contribution in [0.15, 0.2) is 36.5 Å². The number of fused-ring (bicyclic) bond motifs is 1. The lowest BCUT2D eigenvalue weighted by Crippen LogP contribution is -2.09. The summed E-state index contributed by atoms with van der Waals surface area (Å²) in [6.45, 7) is 2.01. The number of pyridine rings is 1. The smallest absolute Gasteiger partial charge is 0.139 e. The Morgan fingerprint density at radius 1 is 1.30 bits per heavy atom. The summed E-state index contributed by atoms with van der Waals surface area (Å²) in [6, 6.07) is 9.75. The minimum absolute atomic E-state index is 0.438. The van der Waals surface area contributed by atoms with Gasteiger partial charge in [0.05, 0.1) is 28.1 Å². The molecule has 5 heteroatoms. The van der Waals surface area contributed by atoms with E-state index in [1.54, 1.807) is 11.7 Å². The number of para-hydroxylation sites is 1. The van der Waals surface area contributed by atoms with Crippen LogP contribution < -0.4 is 0 Å². The van der Waals surface area contributed by atoms with Crippen LogP contribution in [-0.2, 0) is 7.05 Å². The molecule has 2 aromatic heterocycles. The summed E-state index contributed by atoms with van der Waals surface area (Å²) >= 11 is 6.08. The quantitative estimate of drug-likeness (QED) is 0.788. The van der Waals surface area contributed by atoms with Crippen molar-refractivity contribution in [1.29, 1.82) is 0 Å². The maximum atomic E-state index is 10.5. The molecule has 20 heavy (non-hydrogen) atoms. The summed E-state index contributed by atoms with van der Waals surface area (Å²) in [5.74, 6) is 0. The van der Waals surface area contributed by atoms with E-state index in [-0.39, 0.29) is 0 Å². The van der Waals surface area contributed by atoms with Crippen molar-refractivity contribution in [1.82, 2.24) is 14.8 Å². The Hall–Kier alpha value is -1.91. The average Bonchev–Trinajstić information content (AvgIpc) is 2.77. The second kappa shape index (κ2) is 4.89. The minimum Gasteiger partial charge on any atom is -0.380 e. The highest BCUT2D eigenvalue weighted by Gasteiger charge is 2.20. The molecule has 0 bridgehead atoms. The molecule has 0 aliphatic rings. The van der Waals surface area contributed by atoms with Gasteiger partial charge in [0, 0.05) is 12.4 Å². The SMILES string of the molecule is Cc1cc(C(O)c2c(Cl)cnn2C)nc2ccccc12. The molecule has 2 heterocycles. The van der Waals surface area contributed by atoms with Crippen LogP contribution in [0.3, 0.4) is 0 Å². The molecule has 0 amide bonds. The third-order valence-electron chi connectivity index (χ3n) is 3.42. The maximum absolute atomic E-state index is 10.5. The van der Waals surface area contributed by atoms with Crippen LogP contribution in [-0.4, -0.2) is 19.9 Å². The van der Waals surface area contributed by atoms with Crippen molar-refractivity contribution in [2.45, 2.75) is 13.0 Å². The van der Waals surface area contributed by atoms with Gasteiger partial charge in [0.15, 0.2) is 0 Å². The third-order valence-corrected chi connectivity index (χ3v) is 3.71. The Bertz CT molecular complexity index is 762. The van der Waals surface area contributed by atoms with Crippen LogP contribution in [0.2, 0.25) is 5.02 Å². The summed E-state index contributed by atoms with van der Waals surface area (Å²) in [6.07, 6.45) is 0.631. The molecular weight excluding hydrogens is 274 g/mol. The second-order valence-corrected chi connectivity index (χ2v) is 5.19. The molecule has 0 aliphatic carbocycles. The molecule has 1 aromatic carbocycles. The van der Waals surface area contributed by atoms with Gasteiger partial charge in [0.1, 0.15) is 6.10 Å². The topological polar surface area (TPSA) is 50.9 Å². The first kappa shape index (κ1) is 13.1. The molecular formula is C15H14ClN3O. The molecule has 1 atom stereocenters. The van der Waals surface area contributed by atoms with E-state index in [1.807, 2.05) is 37.3 Å². The van der Waals surface area contributed by atoms with E-state index in [4.69, 9.17) is 11.6 Å². The normalized spacial score (nSPS) is 12.8. The molecule has 0 saturated carbocycles. The summed E-state index contributed by atoms with van der Waals surface area (Å²) in [4.78, 5) is 4.52. The predicted molar refractivity (Wildman–Crippen MR) is 78.8 cm³/mol. The number of hydrogen-bond acceptors (Lipinski definition) is 3. The van der Waals surface area contributed by atoms with Gasteiger partial charge in [-0.15, -0.1) is 0 Å². The van der Waals surface area contributed by atoms with Crippen LogP contribution >= 0.6 is 11.6 Å². The summed E-state index contributed by atoms with van der Waals surface area (Å²) < 4.78 is 1.57. The van der Waals surface area contributed by atoms with Crippen molar-refractivity contribution < 1.29 is 5.11 Å². The van der Waals surface area contributed by atoms with Crippen molar-refractivity contribution in [3.63, 3.8) is 0 Å². The molecule has 0 fully saturated rings. The van der Waals surface area contributed by atoms with E-state index >= 15 is 0 Å². The predicted octanol–water partition coefficient (Wildman–Crippen LogP) is 3.01. The average molecular weight is 288 g/mol. The lowest BCUT2D eigenvalue weighted by atomic mass is 10.1. The van der Waals surface area contributed by atoms with Gasteiger partial charge in [-0.2, -0.15) is 5.10 Å². The Morgan fingerprint density at radius 2 is 2.05 bits per heavy atom. The van der Waals surface area contributed by atoms with Gasteiger partial charge in [0.2, 0.25) is 0 Å². The Kier molecular flexibility index (Phi) is 3.20. The number of rotatable bonds is 2. The zero-order chi connectivity index (χ0) is 14.3. The number of benzene rings is 1. The molecule has 1 N–H and O–H groups in total. The van der Waals surface area contributed by atoms with E-state index in [0.29, 0.717) is 16.4 Å². The summed E-state index contributed by atoms with van der Waals surface area (Å²) in [5, 5.41) is 16.1. The van der Waals surface area contributed by atoms with Crippen molar-refractivity contribution in [2.75, 3.05) is 0 Å². The number of aromatic nitrogens is 3. The van der Waals surface area contributed by atoms with Crippen LogP contribution in [0.1, 0.15) is 23.1 Å². The van der Waals surface area contributed by atoms with Crippen LogP contribution in [0.4, 0.5) is 0 Å². The van der Waals surface area contributed by atoms with Gasteiger partial charge in [-0.3, -0.25) is 4.68 Å². The first-order valence-electron chi connectivity index (χ1n) is 6.29. The van der Waals surface area contributed by atoms with E-state index < -0.39 is 6.10 Å². The van der Waals surface area contributed by atoms with Gasteiger partial charge >= 0.3 is 0 Å². The van der Waals surface area contributed by atoms with E-state index in [1.165, 1.54) is 6.20 Å². The largest absolute Gasteiger partial charge is 0.380 e. The van der Waals surface area contributed by atoms with E-state index in [2.05, 4.69) is 10.1 Å². The van der Waals surface area contributed by atoms with Crippen LogP contribution in [0, 0.1) is 6.92 Å². The highest BCUT2D eigenvalue weighted by atomic mass is 35.5. The summed E-state index contributed by atoms with van der Waals surface area (Å²) in [7, 11) is 1.75. The highest BCUT2D eigenvalue weighted by Crippen LogP contribution is 2.28.